The van der Waals surface area contributed by atoms with E-state index in [1.165, 1.54) is 18.9 Å². The molecule has 25 heavy (non-hydrogen) atoms. The van der Waals surface area contributed by atoms with E-state index < -0.39 is 0 Å². The van der Waals surface area contributed by atoms with Crippen molar-refractivity contribution in [2.75, 3.05) is 0 Å². The van der Waals surface area contributed by atoms with Crippen LogP contribution in [0.15, 0.2) is 18.2 Å². The molecule has 1 aliphatic carbocycles. The van der Waals surface area contributed by atoms with Crippen LogP contribution in [0.25, 0.3) is 0 Å². The van der Waals surface area contributed by atoms with Crippen LogP contribution >= 0.6 is 0 Å². The predicted octanol–water partition coefficient (Wildman–Crippen LogP) is 5.17. The van der Waals surface area contributed by atoms with Gasteiger partial charge in [0, 0.05) is 24.6 Å². The van der Waals surface area contributed by atoms with Crippen molar-refractivity contribution in [1.29, 1.82) is 0 Å². The molecule has 2 rings (SSSR count). The lowest BCUT2D eigenvalue weighted by Gasteiger charge is -2.25. The first-order chi connectivity index (χ1) is 12.0. The number of benzene rings is 1. The minimum atomic E-state index is -0.301. The largest absolute Gasteiger partial charge is 0.352 e. The minimum absolute atomic E-state index is 0.0545. The van der Waals surface area contributed by atoms with Crippen molar-refractivity contribution in [1.82, 2.24) is 5.32 Å². The molecule has 2 atom stereocenters. The van der Waals surface area contributed by atoms with E-state index >= 15 is 0 Å². The normalized spacial score (nSPS) is 19.0. The number of carbonyl (C=O) groups is 1. The number of hydrogen-bond acceptors (Lipinski definition) is 2. The first-order valence-corrected chi connectivity index (χ1v) is 9.76. The van der Waals surface area contributed by atoms with Crippen LogP contribution in [0.1, 0.15) is 77.8 Å². The first kappa shape index (κ1) is 23.6. The molecule has 0 heterocycles. The zero-order valence-corrected chi connectivity index (χ0v) is 16.7. The number of carbonyl (C=O) groups excluding carboxylic acids is 1. The number of hydrogen-bond donors (Lipinski definition) is 2. The summed E-state index contributed by atoms with van der Waals surface area (Å²) in [6.07, 6.45) is 5.46. The van der Waals surface area contributed by atoms with E-state index in [0.29, 0.717) is 18.0 Å². The van der Waals surface area contributed by atoms with Gasteiger partial charge < -0.3 is 11.1 Å². The van der Waals surface area contributed by atoms with Crippen molar-refractivity contribution in [2.45, 2.75) is 79.8 Å². The molecule has 4 heteroatoms. The summed E-state index contributed by atoms with van der Waals surface area (Å²) in [5.41, 5.74) is 6.74. The molecule has 1 aromatic carbocycles. The molecule has 1 amide bonds. The van der Waals surface area contributed by atoms with E-state index in [4.69, 9.17) is 5.73 Å². The molecule has 144 valence electrons. The van der Waals surface area contributed by atoms with Crippen molar-refractivity contribution >= 4 is 5.91 Å². The lowest BCUT2D eigenvalue weighted by molar-refractivity contribution is -0.126. The Morgan fingerprint density at radius 3 is 2.44 bits per heavy atom. The fraction of sp³-hybridized carbons (Fsp3) is 0.667. The average molecular weight is 353 g/mol. The van der Waals surface area contributed by atoms with Gasteiger partial charge in [0.15, 0.2) is 0 Å². The maximum atomic E-state index is 13.8. The summed E-state index contributed by atoms with van der Waals surface area (Å²) in [6, 6.07) is 4.93. The Bertz CT molecular complexity index is 491. The predicted molar refractivity (Wildman–Crippen MR) is 105 cm³/mol. The standard InChI is InChI=1S/C16H23FN2O.C3H8.C2H6/c1-11-3-2-4-13(7-11)16(20)19-10-14-6-5-12(9-18)8-15(14)17;1-3-2;1-2/h5-6,8,11,13H,2-4,7,9-10,18H2,1H3,(H,19,20);3H2,1-2H3;1-2H3. The summed E-state index contributed by atoms with van der Waals surface area (Å²) >= 11 is 0. The van der Waals surface area contributed by atoms with Gasteiger partial charge in [0.1, 0.15) is 5.82 Å². The summed E-state index contributed by atoms with van der Waals surface area (Å²) in [4.78, 5) is 12.1. The van der Waals surface area contributed by atoms with E-state index in [9.17, 15) is 9.18 Å². The zero-order valence-electron chi connectivity index (χ0n) is 16.7. The molecule has 0 spiro atoms. The van der Waals surface area contributed by atoms with Gasteiger partial charge in [-0.1, -0.05) is 66.0 Å². The fourth-order valence-electron chi connectivity index (χ4n) is 2.86. The smallest absolute Gasteiger partial charge is 0.223 e. The number of halogens is 1. The van der Waals surface area contributed by atoms with Crippen LogP contribution in [-0.4, -0.2) is 5.91 Å². The van der Waals surface area contributed by atoms with Crippen molar-refractivity contribution in [3.05, 3.63) is 35.1 Å². The molecule has 0 saturated heterocycles. The van der Waals surface area contributed by atoms with Gasteiger partial charge >= 0.3 is 0 Å². The van der Waals surface area contributed by atoms with E-state index in [-0.39, 0.29) is 24.2 Å². The van der Waals surface area contributed by atoms with Gasteiger partial charge in [-0.25, -0.2) is 4.39 Å². The monoisotopic (exact) mass is 352 g/mol. The van der Waals surface area contributed by atoms with Crippen LogP contribution in [0.3, 0.4) is 0 Å². The second-order valence-electron chi connectivity index (χ2n) is 6.52. The number of rotatable bonds is 4. The molecule has 3 N–H and O–H groups in total. The van der Waals surface area contributed by atoms with Crippen molar-refractivity contribution < 1.29 is 9.18 Å². The summed E-state index contributed by atoms with van der Waals surface area (Å²) in [5, 5.41) is 2.86. The molecule has 1 aliphatic rings. The highest BCUT2D eigenvalue weighted by atomic mass is 19.1. The lowest BCUT2D eigenvalue weighted by atomic mass is 9.82. The van der Waals surface area contributed by atoms with Gasteiger partial charge in [-0.2, -0.15) is 0 Å². The maximum absolute atomic E-state index is 13.8. The van der Waals surface area contributed by atoms with E-state index in [2.05, 4.69) is 26.1 Å². The molecule has 0 radical (unpaired) electrons. The van der Waals surface area contributed by atoms with Crippen LogP contribution in [0.5, 0.6) is 0 Å². The number of nitrogens with two attached hydrogens (primary N) is 1. The van der Waals surface area contributed by atoms with E-state index in [1.807, 2.05) is 13.8 Å². The SMILES string of the molecule is CC.CC1CCCC(C(=O)NCc2ccc(CN)cc2F)C1.CCC. The molecular weight excluding hydrogens is 315 g/mol. The summed E-state index contributed by atoms with van der Waals surface area (Å²) < 4.78 is 13.8. The van der Waals surface area contributed by atoms with Gasteiger partial charge in [-0.05, 0) is 30.4 Å². The summed E-state index contributed by atoms with van der Waals surface area (Å²) in [5.74, 6) is 0.453. The van der Waals surface area contributed by atoms with Crippen molar-refractivity contribution in [3.8, 4) is 0 Å². The Morgan fingerprint density at radius 2 is 1.92 bits per heavy atom. The summed E-state index contributed by atoms with van der Waals surface area (Å²) in [7, 11) is 0. The van der Waals surface area contributed by atoms with Crippen molar-refractivity contribution in [3.63, 3.8) is 0 Å². The summed E-state index contributed by atoms with van der Waals surface area (Å²) in [6.45, 7) is 11.0. The van der Waals surface area contributed by atoms with Crippen LogP contribution in [0.4, 0.5) is 4.39 Å². The molecule has 1 saturated carbocycles. The fourth-order valence-corrected chi connectivity index (χ4v) is 2.86. The van der Waals surface area contributed by atoms with Gasteiger partial charge in [0.25, 0.3) is 0 Å². The van der Waals surface area contributed by atoms with Crippen LogP contribution in [-0.2, 0) is 17.9 Å². The third-order valence-corrected chi connectivity index (χ3v) is 4.11. The van der Waals surface area contributed by atoms with Crippen LogP contribution in [0.2, 0.25) is 0 Å². The van der Waals surface area contributed by atoms with Gasteiger partial charge in [-0.3, -0.25) is 4.79 Å². The Labute approximate surface area is 153 Å². The zero-order chi connectivity index (χ0) is 19.2. The third kappa shape index (κ3) is 9.01. The second-order valence-corrected chi connectivity index (χ2v) is 6.52. The maximum Gasteiger partial charge on any atom is 0.223 e. The number of amides is 1. The Morgan fingerprint density at radius 1 is 1.28 bits per heavy atom. The first-order valence-electron chi connectivity index (χ1n) is 9.76. The molecule has 0 aromatic heterocycles. The van der Waals surface area contributed by atoms with Gasteiger partial charge in [-0.15, -0.1) is 0 Å². The quantitative estimate of drug-likeness (QED) is 0.785. The van der Waals surface area contributed by atoms with Crippen LogP contribution in [0, 0.1) is 17.7 Å². The molecule has 0 bridgehead atoms. The van der Waals surface area contributed by atoms with E-state index in [0.717, 1.165) is 24.8 Å². The molecular formula is C21H37FN2O. The third-order valence-electron chi connectivity index (χ3n) is 4.11. The highest BCUT2D eigenvalue weighted by molar-refractivity contribution is 5.78. The van der Waals surface area contributed by atoms with Crippen LogP contribution < -0.4 is 11.1 Å². The molecule has 1 aromatic rings. The van der Waals surface area contributed by atoms with E-state index in [1.54, 1.807) is 12.1 Å². The highest BCUT2D eigenvalue weighted by Crippen LogP contribution is 2.28. The molecule has 3 nitrogen and oxygen atoms in total. The van der Waals surface area contributed by atoms with Gasteiger partial charge in [0.05, 0.1) is 0 Å². The lowest BCUT2D eigenvalue weighted by Crippen LogP contribution is -2.33. The second kappa shape index (κ2) is 13.8. The minimum Gasteiger partial charge on any atom is -0.352 e. The molecule has 0 aliphatic heterocycles. The Hall–Kier alpha value is -1.42. The van der Waals surface area contributed by atoms with Crippen molar-refractivity contribution in [2.24, 2.45) is 17.6 Å². The molecule has 1 fully saturated rings. The highest BCUT2D eigenvalue weighted by Gasteiger charge is 2.24. The Balaban J connectivity index is 0.00000104. The Kier molecular flexibility index (Phi) is 13.0. The molecule has 2 unspecified atom stereocenters. The average Bonchev–Trinajstić information content (AvgIpc) is 2.62. The van der Waals surface area contributed by atoms with Gasteiger partial charge in [0.2, 0.25) is 5.91 Å². The number of nitrogens with one attached hydrogen (secondary N) is 1. The topological polar surface area (TPSA) is 55.1 Å².